The Morgan fingerprint density at radius 3 is 2.83 bits per heavy atom. The van der Waals surface area contributed by atoms with E-state index in [-0.39, 0.29) is 6.61 Å². The minimum absolute atomic E-state index is 0.178. The average Bonchev–Trinajstić information content (AvgIpc) is 2.58. The van der Waals surface area contributed by atoms with E-state index < -0.39 is 5.91 Å². The molecule has 0 spiro atoms. The first-order valence-electron chi connectivity index (χ1n) is 8.10. The highest BCUT2D eigenvalue weighted by molar-refractivity contribution is 9.10. The van der Waals surface area contributed by atoms with E-state index in [1.807, 2.05) is 12.1 Å². The van der Waals surface area contributed by atoms with Crippen LogP contribution in [-0.2, 0) is 16.1 Å². The summed E-state index contributed by atoms with van der Waals surface area (Å²) in [5.41, 5.74) is 6.25. The summed E-state index contributed by atoms with van der Waals surface area (Å²) in [6, 6.07) is 3.91. The summed E-state index contributed by atoms with van der Waals surface area (Å²) in [6.07, 6.45) is 0. The highest BCUT2D eigenvalue weighted by Gasteiger charge is 2.15. The van der Waals surface area contributed by atoms with Crippen LogP contribution in [0.2, 0.25) is 0 Å². The number of benzene rings is 1. The third-order valence-electron chi connectivity index (χ3n) is 3.93. The van der Waals surface area contributed by atoms with E-state index in [9.17, 15) is 4.79 Å². The molecule has 0 bridgehead atoms. The predicted molar refractivity (Wildman–Crippen MR) is 92.3 cm³/mol. The Balaban J connectivity index is 1.85. The maximum absolute atomic E-state index is 10.9. The number of nitrogens with two attached hydrogens (primary N) is 2. The number of carbonyl (C=O) groups is 1. The molecular weight excluding hydrogens is 378 g/mol. The van der Waals surface area contributed by atoms with Crippen molar-refractivity contribution in [2.75, 3.05) is 53.1 Å². The Kier molecular flexibility index (Phi) is 7.77. The molecule has 1 heterocycles. The summed E-state index contributed by atoms with van der Waals surface area (Å²) in [5.74, 6) is 0.567. The first-order valence-corrected chi connectivity index (χ1v) is 8.90. The molecule has 1 aliphatic heterocycles. The Labute approximate surface area is 150 Å². The Morgan fingerprint density at radius 2 is 2.17 bits per heavy atom. The number of amides is 1. The second-order valence-corrected chi connectivity index (χ2v) is 6.61. The normalized spacial score (nSPS) is 15.2. The Morgan fingerprint density at radius 1 is 1.42 bits per heavy atom. The zero-order valence-electron chi connectivity index (χ0n) is 14.0. The molecule has 0 unspecified atom stereocenters. The monoisotopic (exact) mass is 403 g/mol. The molecule has 8 heteroatoms. The van der Waals surface area contributed by atoms with Gasteiger partial charge >= 0.3 is 0 Å². The van der Waals surface area contributed by atoms with Gasteiger partial charge in [0.25, 0.3) is 5.91 Å². The fourth-order valence-corrected chi connectivity index (χ4v) is 3.26. The molecule has 0 atom stereocenters. The van der Waals surface area contributed by atoms with Gasteiger partial charge in [0.05, 0.1) is 24.8 Å². The maximum atomic E-state index is 10.9. The van der Waals surface area contributed by atoms with Gasteiger partial charge in [0.2, 0.25) is 0 Å². The lowest BCUT2D eigenvalue weighted by Crippen LogP contribution is -3.16. The van der Waals surface area contributed by atoms with Gasteiger partial charge in [-0.1, -0.05) is 0 Å². The summed E-state index contributed by atoms with van der Waals surface area (Å²) >= 11 is 3.47. The van der Waals surface area contributed by atoms with E-state index in [1.165, 1.54) is 0 Å². The third-order valence-corrected chi connectivity index (χ3v) is 4.52. The van der Waals surface area contributed by atoms with E-state index in [2.05, 4.69) is 21.2 Å². The van der Waals surface area contributed by atoms with E-state index in [4.69, 9.17) is 19.9 Å². The van der Waals surface area contributed by atoms with Crippen LogP contribution in [0.1, 0.15) is 5.56 Å². The van der Waals surface area contributed by atoms with Crippen LogP contribution in [-0.4, -0.2) is 59.0 Å². The third kappa shape index (κ3) is 5.94. The lowest BCUT2D eigenvalue weighted by Gasteiger charge is -2.22. The van der Waals surface area contributed by atoms with E-state index in [1.54, 1.807) is 12.0 Å². The van der Waals surface area contributed by atoms with Gasteiger partial charge in [0, 0.05) is 5.56 Å². The summed E-state index contributed by atoms with van der Waals surface area (Å²) in [5, 5.41) is 2.29. The maximum Gasteiger partial charge on any atom is 0.255 e. The van der Waals surface area contributed by atoms with Crippen molar-refractivity contribution in [3.63, 3.8) is 0 Å². The highest BCUT2D eigenvalue weighted by Crippen LogP contribution is 2.36. The van der Waals surface area contributed by atoms with E-state index >= 15 is 0 Å². The van der Waals surface area contributed by atoms with Crippen molar-refractivity contribution in [3.8, 4) is 11.5 Å². The van der Waals surface area contributed by atoms with Crippen LogP contribution in [0.3, 0.4) is 0 Å². The van der Waals surface area contributed by atoms with Crippen molar-refractivity contribution in [3.05, 3.63) is 22.2 Å². The molecule has 0 aromatic heterocycles. The number of hydrogen-bond donors (Lipinski definition) is 3. The molecule has 1 aromatic carbocycles. The molecule has 7 nitrogen and oxygen atoms in total. The van der Waals surface area contributed by atoms with Crippen LogP contribution in [0.5, 0.6) is 11.5 Å². The number of primary amides is 1. The van der Waals surface area contributed by atoms with Crippen molar-refractivity contribution in [2.45, 2.75) is 6.54 Å². The number of methoxy groups -OCH3 is 1. The molecule has 1 fully saturated rings. The van der Waals surface area contributed by atoms with Gasteiger partial charge in [0.15, 0.2) is 18.1 Å². The van der Waals surface area contributed by atoms with Gasteiger partial charge in [0.1, 0.15) is 32.7 Å². The fourth-order valence-electron chi connectivity index (χ4n) is 2.66. The number of quaternary nitrogens is 2. The average molecular weight is 404 g/mol. The first-order chi connectivity index (χ1) is 11.6. The van der Waals surface area contributed by atoms with E-state index in [0.717, 1.165) is 56.0 Å². The smallest absolute Gasteiger partial charge is 0.255 e. The number of halogens is 1. The van der Waals surface area contributed by atoms with Crippen molar-refractivity contribution < 1.29 is 29.2 Å². The Bertz CT molecular complexity index is 550. The zero-order valence-corrected chi connectivity index (χ0v) is 15.6. The van der Waals surface area contributed by atoms with Gasteiger partial charge < -0.3 is 30.2 Å². The van der Waals surface area contributed by atoms with Gasteiger partial charge in [-0.2, -0.15) is 0 Å². The van der Waals surface area contributed by atoms with Crippen molar-refractivity contribution in [1.82, 2.24) is 0 Å². The molecular formula is C16H26BrN3O4+2. The molecule has 2 rings (SSSR count). The second kappa shape index (κ2) is 9.83. The molecule has 1 saturated heterocycles. The summed E-state index contributed by atoms with van der Waals surface area (Å²) in [4.78, 5) is 12.5. The summed E-state index contributed by atoms with van der Waals surface area (Å²) in [6.45, 7) is 6.81. The molecule has 1 amide bonds. The molecule has 0 saturated carbocycles. The molecule has 0 aliphatic carbocycles. The first kappa shape index (κ1) is 19.0. The van der Waals surface area contributed by atoms with Crippen LogP contribution >= 0.6 is 15.9 Å². The minimum Gasteiger partial charge on any atom is -0.493 e. The largest absolute Gasteiger partial charge is 0.493 e. The van der Waals surface area contributed by atoms with Gasteiger partial charge in [-0.15, -0.1) is 0 Å². The topological polar surface area (TPSA) is 91.8 Å². The quantitative estimate of drug-likeness (QED) is 0.428. The lowest BCUT2D eigenvalue weighted by molar-refractivity contribution is -0.920. The highest BCUT2D eigenvalue weighted by atomic mass is 79.9. The van der Waals surface area contributed by atoms with Gasteiger partial charge in [-0.25, -0.2) is 0 Å². The lowest BCUT2D eigenvalue weighted by atomic mass is 10.2. The predicted octanol–water partition coefficient (Wildman–Crippen LogP) is -1.70. The second-order valence-electron chi connectivity index (χ2n) is 5.76. The standard InChI is InChI=1S/C16H24BrN3O4/c1-22-14-9-12(8-13(17)16(14)24-11-15(18)21)10-19-2-3-20-4-6-23-7-5-20/h8-9,19H,2-7,10-11H2,1H3,(H2,18,21)/p+2. The SMILES string of the molecule is COc1cc(C[NH2+]CC[NH+]2CCOCC2)cc(Br)c1OCC(N)=O. The number of rotatable bonds is 9. The Hall–Kier alpha value is -1.35. The summed E-state index contributed by atoms with van der Waals surface area (Å²) in [7, 11) is 1.58. The van der Waals surface area contributed by atoms with Gasteiger partial charge in [-0.05, 0) is 28.1 Å². The van der Waals surface area contributed by atoms with Crippen LogP contribution < -0.4 is 25.4 Å². The van der Waals surface area contributed by atoms with E-state index in [0.29, 0.717) is 11.5 Å². The number of morpholine rings is 1. The molecule has 0 radical (unpaired) electrons. The molecule has 134 valence electrons. The van der Waals surface area contributed by atoms with Crippen molar-refractivity contribution in [1.29, 1.82) is 0 Å². The van der Waals surface area contributed by atoms with Crippen LogP contribution in [0.15, 0.2) is 16.6 Å². The number of hydrogen-bond acceptors (Lipinski definition) is 4. The summed E-state index contributed by atoms with van der Waals surface area (Å²) < 4.78 is 16.9. The number of carbonyl (C=O) groups excluding carboxylic acids is 1. The molecule has 24 heavy (non-hydrogen) atoms. The molecule has 5 N–H and O–H groups in total. The molecule has 1 aliphatic rings. The molecule has 1 aromatic rings. The van der Waals surface area contributed by atoms with Crippen LogP contribution in [0.25, 0.3) is 0 Å². The van der Waals surface area contributed by atoms with Crippen LogP contribution in [0, 0.1) is 0 Å². The van der Waals surface area contributed by atoms with Crippen LogP contribution in [0.4, 0.5) is 0 Å². The van der Waals surface area contributed by atoms with Crippen molar-refractivity contribution in [2.24, 2.45) is 5.73 Å². The number of nitrogens with one attached hydrogen (secondary N) is 1. The number of ether oxygens (including phenoxy) is 3. The van der Waals surface area contributed by atoms with Crippen molar-refractivity contribution >= 4 is 21.8 Å². The van der Waals surface area contributed by atoms with Gasteiger partial charge in [-0.3, -0.25) is 4.79 Å². The fraction of sp³-hybridized carbons (Fsp3) is 0.562. The zero-order chi connectivity index (χ0) is 17.4. The minimum atomic E-state index is -0.521.